The quantitative estimate of drug-likeness (QED) is 0.160. The number of aromatic nitrogens is 4. The molecule has 13 rings (SSSR count). The molecule has 0 spiro atoms. The van der Waals surface area contributed by atoms with Gasteiger partial charge >= 0.3 is 0 Å². The molecule has 66 heavy (non-hydrogen) atoms. The first-order valence-electron chi connectivity index (χ1n) is 22.3. The van der Waals surface area contributed by atoms with Gasteiger partial charge < -0.3 is 4.57 Å². The van der Waals surface area contributed by atoms with Crippen molar-refractivity contribution >= 4 is 64.1 Å². The van der Waals surface area contributed by atoms with Crippen molar-refractivity contribution in [1.29, 1.82) is 0 Å². The van der Waals surface area contributed by atoms with E-state index in [1.807, 2.05) is 11.3 Å². The molecule has 4 nitrogen and oxygen atoms in total. The fourth-order valence-corrected chi connectivity index (χ4v) is 10.9. The van der Waals surface area contributed by atoms with Crippen LogP contribution in [0, 0.1) is 0 Å². The summed E-state index contributed by atoms with van der Waals surface area (Å²) in [7, 11) is 0. The number of rotatable bonds is 7. The molecule has 0 unspecified atom stereocenters. The number of para-hydroxylation sites is 2. The van der Waals surface area contributed by atoms with Crippen LogP contribution in [0.3, 0.4) is 0 Å². The van der Waals surface area contributed by atoms with E-state index in [2.05, 4.69) is 235 Å². The maximum Gasteiger partial charge on any atom is 0.166 e. The van der Waals surface area contributed by atoms with Crippen molar-refractivity contribution < 1.29 is 0 Å². The highest BCUT2D eigenvalue weighted by molar-refractivity contribution is 7.26. The van der Waals surface area contributed by atoms with Crippen molar-refractivity contribution in [3.63, 3.8) is 0 Å². The molecule has 0 bridgehead atoms. The molecule has 0 fully saturated rings. The van der Waals surface area contributed by atoms with E-state index in [9.17, 15) is 0 Å². The minimum Gasteiger partial charge on any atom is -0.308 e. The number of nitrogens with zero attached hydrogens (tertiary/aromatic N) is 4. The van der Waals surface area contributed by atoms with Crippen LogP contribution in [0.2, 0.25) is 0 Å². The van der Waals surface area contributed by atoms with Crippen LogP contribution in [-0.2, 0) is 0 Å². The molecule has 0 saturated carbocycles. The third kappa shape index (κ3) is 6.40. The van der Waals surface area contributed by atoms with Crippen LogP contribution in [-0.4, -0.2) is 19.5 Å². The van der Waals surface area contributed by atoms with Gasteiger partial charge in [0.05, 0.1) is 16.7 Å². The monoisotopic (exact) mass is 858 g/mol. The van der Waals surface area contributed by atoms with Crippen LogP contribution >= 0.6 is 11.3 Å². The van der Waals surface area contributed by atoms with Gasteiger partial charge in [-0.1, -0.05) is 200 Å². The first-order valence-corrected chi connectivity index (χ1v) is 23.1. The minimum atomic E-state index is 0.601. The summed E-state index contributed by atoms with van der Waals surface area (Å²) < 4.78 is 4.96. The van der Waals surface area contributed by atoms with Crippen LogP contribution in [0.1, 0.15) is 0 Å². The average molecular weight is 859 g/mol. The van der Waals surface area contributed by atoms with E-state index in [-0.39, 0.29) is 0 Å². The molecule has 0 radical (unpaired) electrons. The molecule has 0 aliphatic heterocycles. The Morgan fingerprint density at radius 2 is 0.803 bits per heavy atom. The normalized spacial score (nSPS) is 11.6. The molecule has 10 aromatic carbocycles. The number of thiophene rings is 1. The summed E-state index contributed by atoms with van der Waals surface area (Å²) in [5.41, 5.74) is 12.9. The van der Waals surface area contributed by atoms with Gasteiger partial charge in [0.1, 0.15) is 0 Å². The van der Waals surface area contributed by atoms with Crippen LogP contribution in [0.15, 0.2) is 231 Å². The zero-order valence-electron chi connectivity index (χ0n) is 35.6. The third-order valence-corrected chi connectivity index (χ3v) is 14.1. The van der Waals surface area contributed by atoms with E-state index in [1.54, 1.807) is 0 Å². The molecule has 0 aliphatic rings. The zero-order chi connectivity index (χ0) is 43.6. The van der Waals surface area contributed by atoms with E-state index in [0.717, 1.165) is 55.7 Å². The van der Waals surface area contributed by atoms with Crippen LogP contribution in [0.25, 0.3) is 126 Å². The lowest BCUT2D eigenvalue weighted by Crippen LogP contribution is -2.04. The fraction of sp³-hybridized carbons (Fsp3) is 0. The Balaban J connectivity index is 1.00. The maximum atomic E-state index is 5.38. The molecule has 0 atom stereocenters. The van der Waals surface area contributed by atoms with Crippen LogP contribution < -0.4 is 0 Å². The van der Waals surface area contributed by atoms with E-state index >= 15 is 0 Å². The second kappa shape index (κ2) is 15.6. The summed E-state index contributed by atoms with van der Waals surface area (Å²) in [5.74, 6) is 1.82. The Labute approximate surface area is 385 Å². The molecule has 0 aliphatic carbocycles. The van der Waals surface area contributed by atoms with Gasteiger partial charge in [-0.25, -0.2) is 15.0 Å². The Bertz CT molecular complexity index is 3920. The summed E-state index contributed by atoms with van der Waals surface area (Å²) in [4.78, 5) is 16.0. The second-order valence-corrected chi connectivity index (χ2v) is 17.8. The fourth-order valence-electron chi connectivity index (χ4n) is 9.70. The van der Waals surface area contributed by atoms with Gasteiger partial charge in [-0.2, -0.15) is 0 Å². The highest BCUT2D eigenvalue weighted by atomic mass is 32.1. The summed E-state index contributed by atoms with van der Waals surface area (Å²) in [6.45, 7) is 0. The predicted molar refractivity (Wildman–Crippen MR) is 277 cm³/mol. The molecule has 3 aromatic heterocycles. The van der Waals surface area contributed by atoms with Crippen molar-refractivity contribution in [3.8, 4) is 73.2 Å². The van der Waals surface area contributed by atoms with Gasteiger partial charge in [-0.3, -0.25) is 0 Å². The van der Waals surface area contributed by atoms with Crippen molar-refractivity contribution in [2.75, 3.05) is 0 Å². The molecule has 0 amide bonds. The standard InChI is InChI=1S/C61H38N4S/c1-2-14-39(15-3-1)45-36-37-53(56(38-45)65-54-25-9-6-19-49(54)50-20-7-10-26-55(50)65)61-63-59(43-32-28-41(29-33-43)47-22-12-17-40-16-4-5-18-46(40)47)62-60(64-61)44-34-30-42(31-35-44)48-23-13-24-52-51-21-8-11-27-57(51)66-58(48)52/h1-38H. The van der Waals surface area contributed by atoms with Gasteiger partial charge in [0.2, 0.25) is 0 Å². The highest BCUT2D eigenvalue weighted by Crippen LogP contribution is 2.42. The van der Waals surface area contributed by atoms with Gasteiger partial charge in [0.25, 0.3) is 0 Å². The highest BCUT2D eigenvalue weighted by Gasteiger charge is 2.21. The van der Waals surface area contributed by atoms with Crippen molar-refractivity contribution in [1.82, 2.24) is 19.5 Å². The van der Waals surface area contributed by atoms with Crippen molar-refractivity contribution in [2.24, 2.45) is 0 Å². The molecule has 5 heteroatoms. The molecule has 13 aromatic rings. The maximum absolute atomic E-state index is 5.38. The Hall–Kier alpha value is -8.51. The van der Waals surface area contributed by atoms with Crippen LogP contribution in [0.5, 0.6) is 0 Å². The van der Waals surface area contributed by atoms with E-state index in [0.29, 0.717) is 17.5 Å². The summed E-state index contributed by atoms with van der Waals surface area (Å²) >= 11 is 1.85. The van der Waals surface area contributed by atoms with Gasteiger partial charge in [0, 0.05) is 47.6 Å². The largest absolute Gasteiger partial charge is 0.308 e. The summed E-state index contributed by atoms with van der Waals surface area (Å²) in [6.07, 6.45) is 0. The Morgan fingerprint density at radius 3 is 1.52 bits per heavy atom. The first-order chi connectivity index (χ1) is 32.7. The summed E-state index contributed by atoms with van der Waals surface area (Å²) in [5, 5.41) is 7.41. The molecule has 0 N–H and O–H groups in total. The van der Waals surface area contributed by atoms with Gasteiger partial charge in [0.15, 0.2) is 17.5 Å². The average Bonchev–Trinajstić information content (AvgIpc) is 3.95. The van der Waals surface area contributed by atoms with Gasteiger partial charge in [-0.05, 0) is 74.5 Å². The number of fused-ring (bicyclic) bond motifs is 7. The number of hydrogen-bond acceptors (Lipinski definition) is 4. The summed E-state index contributed by atoms with van der Waals surface area (Å²) in [6, 6.07) is 82.2. The topological polar surface area (TPSA) is 43.6 Å². The van der Waals surface area contributed by atoms with Crippen LogP contribution in [0.4, 0.5) is 0 Å². The lowest BCUT2D eigenvalue weighted by Gasteiger charge is -2.16. The SMILES string of the molecule is c1ccc(-c2ccc(-c3nc(-c4ccc(-c5cccc6ccccc56)cc4)nc(-c4ccc(-c5cccc6c5sc5ccccc56)cc4)n3)c(-n3c4ccccc4c4ccccc43)c2)cc1. The van der Waals surface area contributed by atoms with E-state index in [1.165, 1.54) is 52.8 Å². The predicted octanol–water partition coefficient (Wildman–Crippen LogP) is 16.5. The smallest absolute Gasteiger partial charge is 0.166 e. The van der Waals surface area contributed by atoms with Gasteiger partial charge in [-0.15, -0.1) is 11.3 Å². The molecule has 308 valence electrons. The minimum absolute atomic E-state index is 0.601. The van der Waals surface area contributed by atoms with Crippen molar-refractivity contribution in [3.05, 3.63) is 231 Å². The van der Waals surface area contributed by atoms with E-state index < -0.39 is 0 Å². The zero-order valence-corrected chi connectivity index (χ0v) is 36.5. The first kappa shape index (κ1) is 38.0. The Kier molecular flexibility index (Phi) is 9.00. The lowest BCUT2D eigenvalue weighted by atomic mass is 9.97. The Morgan fingerprint density at radius 1 is 0.303 bits per heavy atom. The second-order valence-electron chi connectivity index (χ2n) is 16.7. The molecule has 0 saturated heterocycles. The molecular formula is C61H38N4S. The molecule has 3 heterocycles. The third-order valence-electron chi connectivity index (χ3n) is 12.9. The van der Waals surface area contributed by atoms with Crippen molar-refractivity contribution in [2.45, 2.75) is 0 Å². The number of benzene rings is 10. The lowest BCUT2D eigenvalue weighted by molar-refractivity contribution is 1.06. The molecular weight excluding hydrogens is 821 g/mol. The number of hydrogen-bond donors (Lipinski definition) is 0. The van der Waals surface area contributed by atoms with E-state index in [4.69, 9.17) is 15.0 Å².